The molecule has 1 fully saturated rings. The van der Waals surface area contributed by atoms with Crippen molar-refractivity contribution in [3.05, 3.63) is 29.8 Å². The Balaban J connectivity index is 2.04. The molecule has 1 aliphatic rings. The highest BCUT2D eigenvalue weighted by molar-refractivity contribution is 7.88. The molecule has 0 aromatic heterocycles. The molecule has 0 radical (unpaired) electrons. The Morgan fingerprint density at radius 1 is 1.00 bits per heavy atom. The largest absolute Gasteiger partial charge is 0.416 e. The smallest absolute Gasteiger partial charge is 0.369 e. The van der Waals surface area contributed by atoms with Crippen LogP contribution in [0.25, 0.3) is 0 Å². The van der Waals surface area contributed by atoms with Crippen LogP contribution in [0.15, 0.2) is 24.3 Å². The number of halogens is 3. The molecule has 0 N–H and O–H groups in total. The van der Waals surface area contributed by atoms with Gasteiger partial charge in [-0.3, -0.25) is 0 Å². The van der Waals surface area contributed by atoms with Crippen LogP contribution in [0.5, 0.6) is 0 Å². The van der Waals surface area contributed by atoms with E-state index in [0.29, 0.717) is 31.9 Å². The number of rotatable bonds is 2. The van der Waals surface area contributed by atoms with Crippen LogP contribution in [0.3, 0.4) is 0 Å². The highest BCUT2D eigenvalue weighted by Crippen LogP contribution is 2.30. The van der Waals surface area contributed by atoms with E-state index >= 15 is 0 Å². The summed E-state index contributed by atoms with van der Waals surface area (Å²) in [7, 11) is -3.20. The second kappa shape index (κ2) is 5.25. The second-order valence-corrected chi connectivity index (χ2v) is 6.68. The van der Waals surface area contributed by atoms with E-state index in [1.807, 2.05) is 4.90 Å². The second-order valence-electron chi connectivity index (χ2n) is 4.69. The lowest BCUT2D eigenvalue weighted by molar-refractivity contribution is -0.137. The molecule has 1 aromatic carbocycles. The van der Waals surface area contributed by atoms with E-state index in [2.05, 4.69) is 0 Å². The first-order valence-corrected chi connectivity index (χ1v) is 7.90. The summed E-state index contributed by atoms with van der Waals surface area (Å²) in [5.41, 5.74) is -0.0119. The van der Waals surface area contributed by atoms with Gasteiger partial charge in [0.15, 0.2) is 0 Å². The zero-order valence-electron chi connectivity index (χ0n) is 10.9. The van der Waals surface area contributed by atoms with Crippen LogP contribution in [0.1, 0.15) is 5.56 Å². The highest BCUT2D eigenvalue weighted by atomic mass is 32.2. The summed E-state index contributed by atoms with van der Waals surface area (Å²) in [4.78, 5) is 1.88. The number of hydrogen-bond donors (Lipinski definition) is 0. The van der Waals surface area contributed by atoms with Crippen LogP contribution in [0, 0.1) is 0 Å². The molecule has 0 amide bonds. The van der Waals surface area contributed by atoms with Crippen LogP contribution in [-0.4, -0.2) is 45.2 Å². The summed E-state index contributed by atoms with van der Waals surface area (Å²) in [5.74, 6) is 0. The van der Waals surface area contributed by atoms with Crippen molar-refractivity contribution in [2.24, 2.45) is 0 Å². The minimum absolute atomic E-state index is 0.347. The summed E-state index contributed by atoms with van der Waals surface area (Å²) in [5, 5.41) is 0. The fourth-order valence-electron chi connectivity index (χ4n) is 2.14. The van der Waals surface area contributed by atoms with Crippen molar-refractivity contribution in [3.63, 3.8) is 0 Å². The zero-order valence-corrected chi connectivity index (χ0v) is 11.7. The molecule has 0 unspecified atom stereocenters. The molecule has 1 aliphatic heterocycles. The lowest BCUT2D eigenvalue weighted by atomic mass is 10.2. The normalized spacial score (nSPS) is 18.3. The van der Waals surface area contributed by atoms with E-state index in [1.165, 1.54) is 16.4 Å². The molecule has 20 heavy (non-hydrogen) atoms. The molecule has 0 aliphatic carbocycles. The van der Waals surface area contributed by atoms with Crippen LogP contribution in [0.2, 0.25) is 0 Å². The van der Waals surface area contributed by atoms with Gasteiger partial charge in [-0.1, -0.05) is 0 Å². The highest BCUT2D eigenvalue weighted by Gasteiger charge is 2.30. The maximum absolute atomic E-state index is 12.5. The number of hydrogen-bond acceptors (Lipinski definition) is 3. The summed E-state index contributed by atoms with van der Waals surface area (Å²) >= 11 is 0. The molecule has 0 saturated carbocycles. The van der Waals surface area contributed by atoms with E-state index in [4.69, 9.17) is 0 Å². The summed E-state index contributed by atoms with van der Waals surface area (Å²) < 4.78 is 61.5. The van der Waals surface area contributed by atoms with E-state index in [-0.39, 0.29) is 0 Å². The quantitative estimate of drug-likeness (QED) is 0.836. The molecular formula is C12H15F3N2O2S. The van der Waals surface area contributed by atoms with E-state index in [9.17, 15) is 21.6 Å². The topological polar surface area (TPSA) is 40.6 Å². The van der Waals surface area contributed by atoms with Crippen molar-refractivity contribution < 1.29 is 21.6 Å². The molecule has 4 nitrogen and oxygen atoms in total. The van der Waals surface area contributed by atoms with Crippen molar-refractivity contribution in [3.8, 4) is 0 Å². The van der Waals surface area contributed by atoms with Gasteiger partial charge in [-0.25, -0.2) is 8.42 Å². The van der Waals surface area contributed by atoms with Gasteiger partial charge in [0, 0.05) is 31.9 Å². The molecule has 0 atom stereocenters. The minimum atomic E-state index is -4.34. The summed E-state index contributed by atoms with van der Waals surface area (Å²) in [6.45, 7) is 1.64. The maximum Gasteiger partial charge on any atom is 0.416 e. The molecule has 0 spiro atoms. The molecule has 2 rings (SSSR count). The third-order valence-electron chi connectivity index (χ3n) is 3.27. The van der Waals surface area contributed by atoms with Gasteiger partial charge in [0.1, 0.15) is 0 Å². The Kier molecular flexibility index (Phi) is 3.97. The fourth-order valence-corrected chi connectivity index (χ4v) is 2.97. The zero-order chi connectivity index (χ0) is 15.0. The predicted molar refractivity (Wildman–Crippen MR) is 70.1 cm³/mol. The van der Waals surface area contributed by atoms with Gasteiger partial charge < -0.3 is 4.90 Å². The number of alkyl halides is 3. The Labute approximate surface area is 115 Å². The summed E-state index contributed by atoms with van der Waals surface area (Å²) in [6.07, 6.45) is -3.19. The van der Waals surface area contributed by atoms with Crippen LogP contribution in [0.4, 0.5) is 18.9 Å². The van der Waals surface area contributed by atoms with Crippen molar-refractivity contribution >= 4 is 15.7 Å². The van der Waals surface area contributed by atoms with Gasteiger partial charge in [0.2, 0.25) is 10.0 Å². The van der Waals surface area contributed by atoms with E-state index < -0.39 is 21.8 Å². The van der Waals surface area contributed by atoms with Gasteiger partial charge in [-0.15, -0.1) is 0 Å². The monoisotopic (exact) mass is 308 g/mol. The molecule has 1 saturated heterocycles. The van der Waals surface area contributed by atoms with Gasteiger partial charge >= 0.3 is 6.18 Å². The van der Waals surface area contributed by atoms with Crippen LogP contribution >= 0.6 is 0 Å². The third kappa shape index (κ3) is 3.43. The predicted octanol–water partition coefficient (Wildman–Crippen LogP) is 1.79. The number of benzene rings is 1. The van der Waals surface area contributed by atoms with Gasteiger partial charge in [0.05, 0.1) is 11.8 Å². The Morgan fingerprint density at radius 3 is 1.90 bits per heavy atom. The molecule has 112 valence electrons. The van der Waals surface area contributed by atoms with E-state index in [1.54, 1.807) is 0 Å². The molecular weight excluding hydrogens is 293 g/mol. The number of anilines is 1. The van der Waals surface area contributed by atoms with Crippen LogP contribution in [-0.2, 0) is 16.2 Å². The lowest BCUT2D eigenvalue weighted by Crippen LogP contribution is -2.48. The number of piperazine rings is 1. The average Bonchev–Trinajstić information content (AvgIpc) is 2.37. The Morgan fingerprint density at radius 2 is 1.50 bits per heavy atom. The van der Waals surface area contributed by atoms with Crippen molar-refractivity contribution in [1.29, 1.82) is 0 Å². The molecule has 0 bridgehead atoms. The van der Waals surface area contributed by atoms with E-state index in [0.717, 1.165) is 18.4 Å². The van der Waals surface area contributed by atoms with Crippen LogP contribution < -0.4 is 4.90 Å². The average molecular weight is 308 g/mol. The minimum Gasteiger partial charge on any atom is -0.369 e. The van der Waals surface area contributed by atoms with Crippen molar-refractivity contribution in [2.75, 3.05) is 37.3 Å². The first-order valence-electron chi connectivity index (χ1n) is 6.05. The van der Waals surface area contributed by atoms with Gasteiger partial charge in [-0.2, -0.15) is 17.5 Å². The van der Waals surface area contributed by atoms with Crippen molar-refractivity contribution in [1.82, 2.24) is 4.31 Å². The standard InChI is InChI=1S/C12H15F3N2O2S/c1-20(18,19)17-8-6-16(7-9-17)11-4-2-10(3-5-11)12(13,14)15/h2-5H,6-9H2,1H3. The molecule has 1 heterocycles. The molecule has 8 heteroatoms. The number of nitrogens with zero attached hydrogens (tertiary/aromatic N) is 2. The number of sulfonamides is 1. The van der Waals surface area contributed by atoms with Crippen molar-refractivity contribution in [2.45, 2.75) is 6.18 Å². The Hall–Kier alpha value is -1.28. The first-order chi connectivity index (χ1) is 9.18. The summed E-state index contributed by atoms with van der Waals surface area (Å²) in [6, 6.07) is 4.91. The fraction of sp³-hybridized carbons (Fsp3) is 0.500. The molecule has 1 aromatic rings. The lowest BCUT2D eigenvalue weighted by Gasteiger charge is -2.34. The Bertz CT molecular complexity index is 561. The SMILES string of the molecule is CS(=O)(=O)N1CCN(c2ccc(C(F)(F)F)cc2)CC1. The maximum atomic E-state index is 12.5. The third-order valence-corrected chi connectivity index (χ3v) is 4.57. The first kappa shape index (κ1) is 15.1. The van der Waals surface area contributed by atoms with Gasteiger partial charge in [-0.05, 0) is 24.3 Å². The van der Waals surface area contributed by atoms with Gasteiger partial charge in [0.25, 0.3) is 0 Å².